The van der Waals surface area contributed by atoms with E-state index in [2.05, 4.69) is 42.1 Å². The first-order chi connectivity index (χ1) is 9.70. The fourth-order valence-electron chi connectivity index (χ4n) is 2.17. The number of esters is 1. The van der Waals surface area contributed by atoms with Gasteiger partial charge in [0.2, 0.25) is 0 Å². The molecule has 0 atom stereocenters. The second-order valence-electron chi connectivity index (χ2n) is 5.48. The maximum atomic E-state index is 12.3. The van der Waals surface area contributed by atoms with Crippen molar-refractivity contribution in [1.82, 2.24) is 9.71 Å². The van der Waals surface area contributed by atoms with E-state index in [-0.39, 0.29) is 15.8 Å². The third-order valence-electron chi connectivity index (χ3n) is 3.38. The number of aromatic nitrogens is 1. The highest BCUT2D eigenvalue weighted by atomic mass is 32.2. The second-order valence-corrected chi connectivity index (χ2v) is 8.30. The van der Waals surface area contributed by atoms with Crippen LogP contribution >= 0.6 is 11.3 Å². The van der Waals surface area contributed by atoms with Crippen molar-refractivity contribution in [1.29, 1.82) is 0 Å². The number of thiazole rings is 1. The number of methoxy groups -OCH3 is 1. The lowest BCUT2D eigenvalue weighted by Gasteiger charge is -2.24. The van der Waals surface area contributed by atoms with E-state index >= 15 is 0 Å². The Morgan fingerprint density at radius 1 is 1.33 bits per heavy atom. The highest BCUT2D eigenvalue weighted by Crippen LogP contribution is 2.23. The van der Waals surface area contributed by atoms with Crippen molar-refractivity contribution in [3.8, 4) is 0 Å². The van der Waals surface area contributed by atoms with Crippen molar-refractivity contribution < 1.29 is 17.9 Å². The van der Waals surface area contributed by atoms with E-state index in [1.807, 2.05) is 0 Å². The van der Waals surface area contributed by atoms with Crippen LogP contribution in [0.15, 0.2) is 9.72 Å². The Morgan fingerprint density at radius 2 is 1.90 bits per heavy atom. The van der Waals surface area contributed by atoms with Gasteiger partial charge in [0.25, 0.3) is 10.0 Å². The van der Waals surface area contributed by atoms with Crippen LogP contribution in [0.2, 0.25) is 0 Å². The quantitative estimate of drug-likeness (QED) is 0.772. The number of carbonyl (C=O) groups is 1. The molecule has 0 amide bonds. The largest absolute Gasteiger partial charge is 0.464 e. The van der Waals surface area contributed by atoms with Crippen LogP contribution in [0.25, 0.3) is 0 Å². The molecule has 1 aromatic rings. The van der Waals surface area contributed by atoms with Gasteiger partial charge >= 0.3 is 5.97 Å². The van der Waals surface area contributed by atoms with E-state index in [1.165, 1.54) is 12.6 Å². The number of sulfonamides is 1. The smallest absolute Gasteiger partial charge is 0.358 e. The molecule has 21 heavy (non-hydrogen) atoms. The Bertz CT molecular complexity index is 571. The molecule has 0 radical (unpaired) electrons. The molecule has 1 rings (SSSR count). The maximum absolute atomic E-state index is 12.3. The van der Waals surface area contributed by atoms with Gasteiger partial charge in [0.05, 0.1) is 12.6 Å². The molecular weight excluding hydrogens is 312 g/mol. The van der Waals surface area contributed by atoms with Gasteiger partial charge in [-0.3, -0.25) is 0 Å². The van der Waals surface area contributed by atoms with Crippen molar-refractivity contribution in [3.05, 3.63) is 11.2 Å². The maximum Gasteiger partial charge on any atom is 0.358 e. The topological polar surface area (TPSA) is 85.4 Å². The number of carbonyl (C=O) groups excluding carboxylic acids is 1. The number of hydrogen-bond acceptors (Lipinski definition) is 6. The number of ether oxygens (including phenoxy) is 1. The van der Waals surface area contributed by atoms with Gasteiger partial charge < -0.3 is 4.74 Å². The summed E-state index contributed by atoms with van der Waals surface area (Å²) in [6.45, 7) is 8.57. The Balaban J connectivity index is 2.93. The van der Waals surface area contributed by atoms with E-state index < -0.39 is 16.0 Å². The van der Waals surface area contributed by atoms with E-state index in [4.69, 9.17) is 0 Å². The monoisotopic (exact) mass is 334 g/mol. The third kappa shape index (κ3) is 4.49. The Morgan fingerprint density at radius 3 is 2.38 bits per heavy atom. The van der Waals surface area contributed by atoms with Crippen LogP contribution in [-0.4, -0.2) is 33.0 Å². The van der Waals surface area contributed by atoms with Gasteiger partial charge in [-0.2, -0.15) is 0 Å². The number of nitrogens with zero attached hydrogens (tertiary/aromatic N) is 1. The standard InChI is InChI=1S/C13H22N2O4S2/c1-8(2)10(9(3)4)6-15-21(17,18)13-11(12(16)19-5)14-7-20-13/h7-10,15H,6H2,1-5H3. The molecule has 0 unspecified atom stereocenters. The van der Waals surface area contributed by atoms with Gasteiger partial charge in [-0.25, -0.2) is 22.9 Å². The molecular formula is C13H22N2O4S2. The van der Waals surface area contributed by atoms with Gasteiger partial charge in [0.15, 0.2) is 9.90 Å². The average molecular weight is 334 g/mol. The predicted molar refractivity (Wildman–Crippen MR) is 81.8 cm³/mol. The van der Waals surface area contributed by atoms with Crippen molar-refractivity contribution in [2.24, 2.45) is 17.8 Å². The second kappa shape index (κ2) is 7.33. The molecule has 0 aliphatic heterocycles. The lowest BCUT2D eigenvalue weighted by atomic mass is 9.86. The fourth-order valence-corrected chi connectivity index (χ4v) is 4.42. The minimum absolute atomic E-state index is 0.0967. The van der Waals surface area contributed by atoms with E-state index in [9.17, 15) is 13.2 Å². The van der Waals surface area contributed by atoms with E-state index in [0.29, 0.717) is 18.4 Å². The van der Waals surface area contributed by atoms with Gasteiger partial charge in [-0.15, -0.1) is 11.3 Å². The van der Waals surface area contributed by atoms with Crippen molar-refractivity contribution in [3.63, 3.8) is 0 Å². The van der Waals surface area contributed by atoms with Gasteiger partial charge in [-0.1, -0.05) is 27.7 Å². The molecule has 0 aromatic carbocycles. The van der Waals surface area contributed by atoms with Crippen molar-refractivity contribution in [2.45, 2.75) is 31.9 Å². The summed E-state index contributed by atoms with van der Waals surface area (Å²) in [5.41, 5.74) is 1.16. The molecule has 0 fully saturated rings. The Labute approximate surface area is 130 Å². The van der Waals surface area contributed by atoms with E-state index in [0.717, 1.165) is 11.3 Å². The average Bonchev–Trinajstić information content (AvgIpc) is 2.86. The zero-order valence-corrected chi connectivity index (χ0v) is 14.5. The van der Waals surface area contributed by atoms with Crippen molar-refractivity contribution in [2.75, 3.05) is 13.7 Å². The minimum Gasteiger partial charge on any atom is -0.464 e. The fraction of sp³-hybridized carbons (Fsp3) is 0.692. The molecule has 8 heteroatoms. The van der Waals surface area contributed by atoms with Gasteiger partial charge in [-0.05, 0) is 17.8 Å². The molecule has 1 N–H and O–H groups in total. The highest BCUT2D eigenvalue weighted by Gasteiger charge is 2.28. The molecule has 0 bridgehead atoms. The lowest BCUT2D eigenvalue weighted by molar-refractivity contribution is 0.0590. The number of rotatable bonds is 7. The molecule has 0 saturated heterocycles. The highest BCUT2D eigenvalue weighted by molar-refractivity contribution is 7.91. The molecule has 1 heterocycles. The van der Waals surface area contributed by atoms with Crippen LogP contribution < -0.4 is 4.72 Å². The number of nitrogens with one attached hydrogen (secondary N) is 1. The van der Waals surface area contributed by atoms with Crippen LogP contribution in [-0.2, 0) is 14.8 Å². The van der Waals surface area contributed by atoms with Crippen molar-refractivity contribution >= 4 is 27.3 Å². The molecule has 6 nitrogen and oxygen atoms in total. The van der Waals surface area contributed by atoms with Gasteiger partial charge in [0.1, 0.15) is 0 Å². The normalized spacial score (nSPS) is 12.4. The zero-order valence-electron chi connectivity index (χ0n) is 12.9. The van der Waals surface area contributed by atoms with Crippen LogP contribution in [0.1, 0.15) is 38.2 Å². The number of hydrogen-bond donors (Lipinski definition) is 1. The SMILES string of the molecule is COC(=O)c1ncsc1S(=O)(=O)NCC(C(C)C)C(C)C. The lowest BCUT2D eigenvalue weighted by Crippen LogP contribution is -2.34. The zero-order chi connectivity index (χ0) is 16.2. The first kappa shape index (κ1) is 18.1. The first-order valence-corrected chi connectivity index (χ1v) is 9.08. The van der Waals surface area contributed by atoms with Crippen LogP contribution in [0.5, 0.6) is 0 Å². The summed E-state index contributed by atoms with van der Waals surface area (Å²) in [5.74, 6) is 0.179. The summed E-state index contributed by atoms with van der Waals surface area (Å²) in [6.07, 6.45) is 0. The van der Waals surface area contributed by atoms with E-state index in [1.54, 1.807) is 0 Å². The molecule has 1 aromatic heterocycles. The summed E-state index contributed by atoms with van der Waals surface area (Å²) in [4.78, 5) is 15.3. The first-order valence-electron chi connectivity index (χ1n) is 6.72. The molecule has 0 saturated carbocycles. The van der Waals surface area contributed by atoms with Crippen LogP contribution in [0.4, 0.5) is 0 Å². The van der Waals surface area contributed by atoms with Crippen LogP contribution in [0, 0.1) is 17.8 Å². The minimum atomic E-state index is -3.76. The molecule has 0 aliphatic rings. The Hall–Kier alpha value is -0.990. The predicted octanol–water partition coefficient (Wildman–Crippen LogP) is 2.14. The van der Waals surface area contributed by atoms with Gasteiger partial charge in [0, 0.05) is 6.54 Å². The molecule has 0 spiro atoms. The Kier molecular flexibility index (Phi) is 6.30. The third-order valence-corrected chi connectivity index (χ3v) is 6.17. The summed E-state index contributed by atoms with van der Waals surface area (Å²) in [7, 11) is -2.57. The summed E-state index contributed by atoms with van der Waals surface area (Å²) in [5, 5.41) is 0. The molecule has 0 aliphatic carbocycles. The molecule has 120 valence electrons. The summed E-state index contributed by atoms with van der Waals surface area (Å²) < 4.78 is 31.7. The summed E-state index contributed by atoms with van der Waals surface area (Å²) >= 11 is 0.906. The van der Waals surface area contributed by atoms with Crippen LogP contribution in [0.3, 0.4) is 0 Å². The summed E-state index contributed by atoms with van der Waals surface area (Å²) in [6, 6.07) is 0.